The van der Waals surface area contributed by atoms with Gasteiger partial charge in [-0.15, -0.1) is 0 Å². The van der Waals surface area contributed by atoms with Crippen LogP contribution in [0.15, 0.2) is 89.9 Å². The maximum Gasteiger partial charge on any atom is 0.255 e. The van der Waals surface area contributed by atoms with Gasteiger partial charge < -0.3 is 25.4 Å². The number of aromatic nitrogens is 2. The van der Waals surface area contributed by atoms with E-state index in [1.54, 1.807) is 12.1 Å². The summed E-state index contributed by atoms with van der Waals surface area (Å²) < 4.78 is 0. The number of aliphatic hydroxyl groups excluding tert-OH is 2. The molecule has 0 fully saturated rings. The van der Waals surface area contributed by atoms with Gasteiger partial charge in [-0.25, -0.2) is 4.98 Å². The van der Waals surface area contributed by atoms with Gasteiger partial charge in [-0.2, -0.15) is 5.26 Å². The highest BCUT2D eigenvalue weighted by Crippen LogP contribution is 2.28. The molecule has 0 aliphatic carbocycles. The standard InChI is InChI=1S/C37H38N6O3/c1-4-24(2)35(27-7-5-26(23-38)6-8-27)40-32-16-12-30(21-25(32)3)39-37(46)29-11-15-33-34(22-29)42-36(41-33)28-9-13-31(14-10-28)43(17-19-44)18-20-45/h5-16,21-22,24,44-45H,4,17-20H2,1-3H3,(H,39,46)(H,41,42). The number of nitrogens with one attached hydrogen (secondary N) is 2. The van der Waals surface area contributed by atoms with E-state index in [0.717, 1.165) is 51.2 Å². The Balaban J connectivity index is 1.32. The number of rotatable bonds is 12. The molecule has 0 aliphatic rings. The van der Waals surface area contributed by atoms with Gasteiger partial charge in [0.2, 0.25) is 0 Å². The Kier molecular flexibility index (Phi) is 10.2. The summed E-state index contributed by atoms with van der Waals surface area (Å²) in [6.07, 6.45) is 0.927. The molecule has 0 saturated heterocycles. The number of imidazole rings is 1. The molecule has 5 rings (SSSR count). The number of fused-ring (bicyclic) bond motifs is 1. The van der Waals surface area contributed by atoms with Crippen molar-refractivity contribution < 1.29 is 15.0 Å². The van der Waals surface area contributed by atoms with Crippen LogP contribution in [0.25, 0.3) is 22.4 Å². The number of carbonyl (C=O) groups is 1. The lowest BCUT2D eigenvalue weighted by molar-refractivity contribution is 0.102. The van der Waals surface area contributed by atoms with Crippen molar-refractivity contribution in [2.75, 3.05) is 36.5 Å². The van der Waals surface area contributed by atoms with Crippen LogP contribution in [0, 0.1) is 24.2 Å². The van der Waals surface area contributed by atoms with Crippen molar-refractivity contribution in [1.29, 1.82) is 5.26 Å². The first-order chi connectivity index (χ1) is 22.3. The van der Waals surface area contributed by atoms with E-state index in [0.29, 0.717) is 35.7 Å². The highest BCUT2D eigenvalue weighted by atomic mass is 16.3. The van der Waals surface area contributed by atoms with Gasteiger partial charge in [-0.1, -0.05) is 26.0 Å². The molecule has 234 valence electrons. The molecule has 0 aliphatic heterocycles. The van der Waals surface area contributed by atoms with Crippen LogP contribution in [0.3, 0.4) is 0 Å². The molecule has 5 aromatic rings. The molecule has 1 aromatic heterocycles. The minimum Gasteiger partial charge on any atom is -0.395 e. The smallest absolute Gasteiger partial charge is 0.255 e. The number of aliphatic imine (C=N–C) groups is 1. The van der Waals surface area contributed by atoms with Crippen LogP contribution >= 0.6 is 0 Å². The number of carbonyl (C=O) groups excluding carboxylic acids is 1. The molecule has 0 bridgehead atoms. The number of benzene rings is 4. The molecule has 0 spiro atoms. The zero-order chi connectivity index (χ0) is 32.6. The molecule has 9 heteroatoms. The lowest BCUT2D eigenvalue weighted by Gasteiger charge is -2.22. The van der Waals surface area contributed by atoms with E-state index in [1.165, 1.54) is 0 Å². The molecule has 1 amide bonds. The Morgan fingerprint density at radius 1 is 0.978 bits per heavy atom. The molecule has 46 heavy (non-hydrogen) atoms. The third kappa shape index (κ3) is 7.32. The Bertz CT molecular complexity index is 1880. The van der Waals surface area contributed by atoms with E-state index in [-0.39, 0.29) is 25.0 Å². The van der Waals surface area contributed by atoms with Gasteiger partial charge in [0.1, 0.15) is 5.82 Å². The fourth-order valence-electron chi connectivity index (χ4n) is 5.29. The first kappa shape index (κ1) is 32.1. The number of aryl methyl sites for hydroxylation is 1. The van der Waals surface area contributed by atoms with Crippen LogP contribution in [-0.2, 0) is 0 Å². The minimum atomic E-state index is -0.233. The molecule has 4 N–H and O–H groups in total. The number of aliphatic hydroxyl groups is 2. The van der Waals surface area contributed by atoms with Crippen LogP contribution in [0.1, 0.15) is 47.3 Å². The van der Waals surface area contributed by atoms with Gasteiger partial charge in [-0.3, -0.25) is 9.79 Å². The van der Waals surface area contributed by atoms with Crippen molar-refractivity contribution >= 4 is 39.7 Å². The van der Waals surface area contributed by atoms with Gasteiger partial charge in [0, 0.05) is 35.6 Å². The quantitative estimate of drug-likeness (QED) is 0.117. The van der Waals surface area contributed by atoms with Crippen LogP contribution in [0.2, 0.25) is 0 Å². The van der Waals surface area contributed by atoms with Crippen molar-refractivity contribution in [2.24, 2.45) is 10.9 Å². The summed E-state index contributed by atoms with van der Waals surface area (Å²) in [5.74, 6) is 0.673. The second kappa shape index (κ2) is 14.7. The maximum absolute atomic E-state index is 13.2. The normalized spacial score (nSPS) is 12.1. The summed E-state index contributed by atoms with van der Waals surface area (Å²) in [7, 11) is 0. The van der Waals surface area contributed by atoms with E-state index < -0.39 is 0 Å². The van der Waals surface area contributed by atoms with Gasteiger partial charge >= 0.3 is 0 Å². The predicted octanol–water partition coefficient (Wildman–Crippen LogP) is 6.62. The average molecular weight is 615 g/mol. The first-order valence-corrected chi connectivity index (χ1v) is 15.4. The third-order valence-electron chi connectivity index (χ3n) is 8.07. The largest absolute Gasteiger partial charge is 0.395 e. The molecule has 1 heterocycles. The zero-order valence-electron chi connectivity index (χ0n) is 26.3. The number of anilines is 2. The number of amides is 1. The number of nitriles is 1. The predicted molar refractivity (Wildman–Crippen MR) is 184 cm³/mol. The van der Waals surface area contributed by atoms with Crippen molar-refractivity contribution in [1.82, 2.24) is 9.97 Å². The SMILES string of the molecule is CCC(C)C(=Nc1ccc(NC(=O)c2ccc3nc(-c4ccc(N(CCO)CCO)cc4)[nH]c3c2)cc1C)c1ccc(C#N)cc1. The van der Waals surface area contributed by atoms with Gasteiger partial charge in [-0.05, 0) is 103 Å². The van der Waals surface area contributed by atoms with Crippen molar-refractivity contribution in [3.05, 3.63) is 107 Å². The molecule has 0 saturated carbocycles. The molecule has 1 atom stereocenters. The molecule has 1 unspecified atom stereocenters. The molecule has 4 aromatic carbocycles. The Morgan fingerprint density at radius 3 is 2.30 bits per heavy atom. The molecular formula is C37H38N6O3. The second-order valence-corrected chi connectivity index (χ2v) is 11.2. The summed E-state index contributed by atoms with van der Waals surface area (Å²) in [5, 5.41) is 30.8. The fraction of sp³-hybridized carbons (Fsp3) is 0.243. The van der Waals surface area contributed by atoms with Gasteiger partial charge in [0.25, 0.3) is 5.91 Å². The highest BCUT2D eigenvalue weighted by Gasteiger charge is 2.15. The fourth-order valence-corrected chi connectivity index (χ4v) is 5.29. The van der Waals surface area contributed by atoms with Crippen molar-refractivity contribution in [2.45, 2.75) is 27.2 Å². The van der Waals surface area contributed by atoms with Crippen LogP contribution in [-0.4, -0.2) is 58.1 Å². The summed E-state index contributed by atoms with van der Waals surface area (Å²) in [6.45, 7) is 7.12. The molecule has 0 radical (unpaired) electrons. The Morgan fingerprint density at radius 2 is 1.67 bits per heavy atom. The van der Waals surface area contributed by atoms with Crippen LogP contribution in [0.4, 0.5) is 17.1 Å². The lowest BCUT2D eigenvalue weighted by atomic mass is 9.95. The monoisotopic (exact) mass is 614 g/mol. The summed E-state index contributed by atoms with van der Waals surface area (Å²) in [5.41, 5.74) is 8.77. The zero-order valence-corrected chi connectivity index (χ0v) is 26.3. The summed E-state index contributed by atoms with van der Waals surface area (Å²) in [6, 6.07) is 28.5. The third-order valence-corrected chi connectivity index (χ3v) is 8.07. The Labute approximate surface area is 268 Å². The van der Waals surface area contributed by atoms with Crippen molar-refractivity contribution in [3.63, 3.8) is 0 Å². The van der Waals surface area contributed by atoms with Crippen LogP contribution < -0.4 is 10.2 Å². The van der Waals surface area contributed by atoms with Crippen LogP contribution in [0.5, 0.6) is 0 Å². The number of hydrogen-bond acceptors (Lipinski definition) is 7. The van der Waals surface area contributed by atoms with E-state index in [4.69, 9.17) is 15.2 Å². The van der Waals surface area contributed by atoms with E-state index >= 15 is 0 Å². The number of aromatic amines is 1. The number of hydrogen-bond donors (Lipinski definition) is 4. The van der Waals surface area contributed by atoms with Gasteiger partial charge in [0.05, 0.1) is 47.3 Å². The number of nitrogens with zero attached hydrogens (tertiary/aromatic N) is 4. The molecular weight excluding hydrogens is 576 g/mol. The first-order valence-electron chi connectivity index (χ1n) is 15.4. The van der Waals surface area contributed by atoms with E-state index in [1.807, 2.05) is 84.6 Å². The maximum atomic E-state index is 13.2. The minimum absolute atomic E-state index is 0.000939. The average Bonchev–Trinajstić information content (AvgIpc) is 3.51. The second-order valence-electron chi connectivity index (χ2n) is 11.2. The van der Waals surface area contributed by atoms with Crippen molar-refractivity contribution in [3.8, 4) is 17.5 Å². The lowest BCUT2D eigenvalue weighted by Crippen LogP contribution is -2.29. The Hall–Kier alpha value is -5.30. The summed E-state index contributed by atoms with van der Waals surface area (Å²) >= 11 is 0. The van der Waals surface area contributed by atoms with E-state index in [2.05, 4.69) is 30.2 Å². The number of H-pyrrole nitrogens is 1. The van der Waals surface area contributed by atoms with Gasteiger partial charge in [0.15, 0.2) is 0 Å². The molecule has 9 nitrogen and oxygen atoms in total. The highest BCUT2D eigenvalue weighted by molar-refractivity contribution is 6.06. The topological polar surface area (TPSA) is 138 Å². The van der Waals surface area contributed by atoms with E-state index in [9.17, 15) is 15.0 Å². The summed E-state index contributed by atoms with van der Waals surface area (Å²) in [4.78, 5) is 28.2.